The second kappa shape index (κ2) is 28.1. The first-order chi connectivity index (χ1) is 59.5. The fourth-order valence-electron chi connectivity index (χ4n) is 17.8. The molecule has 0 radical (unpaired) electrons. The number of hydrogen-bond acceptors (Lipinski definition) is 9. The van der Waals surface area contributed by atoms with Gasteiger partial charge in [0.2, 0.25) is 0 Å². The molecule has 0 unspecified atom stereocenters. The highest BCUT2D eigenvalue weighted by Gasteiger charge is 2.24. The quantitative estimate of drug-likeness (QED) is 0.149. The minimum atomic E-state index is 0.859. The van der Waals surface area contributed by atoms with E-state index in [0.29, 0.717) is 0 Å². The maximum atomic E-state index is 6.35. The Balaban J connectivity index is 0.000000103. The van der Waals surface area contributed by atoms with E-state index in [0.717, 1.165) is 166 Å². The van der Waals surface area contributed by atoms with Gasteiger partial charge in [-0.15, -0.1) is 22.7 Å². The summed E-state index contributed by atoms with van der Waals surface area (Å²) in [6.45, 7) is 0. The van der Waals surface area contributed by atoms with E-state index in [2.05, 4.69) is 305 Å². The topological polar surface area (TPSA) is 105 Å². The standard InChI is InChI=1S/C38H23N3O.C38H23N3S.C32H19N3S/c2*1-2-12-27(13-3-1)41-34-21-20-25(23-31(34)36-38(41)40-33-18-6-5-17-32(33)39-36)24-10-8-11-26(22-24)28-15-9-16-30-29-14-4-7-19-35(29)42-37(28)30;1-2-9-21(10-3-1)35-28-18-17-20(19-25(28)30-32(35)34-27-15-6-5-14-26(27)33-30)22-12-8-13-24-23-11-4-7-16-29(23)36-31(22)24/h2*1-23H;1-19H. The summed E-state index contributed by atoms with van der Waals surface area (Å²) in [5.41, 5.74) is 30.9. The van der Waals surface area contributed by atoms with Crippen LogP contribution < -0.4 is 0 Å². The van der Waals surface area contributed by atoms with E-state index in [4.69, 9.17) is 34.3 Å². The van der Waals surface area contributed by atoms with E-state index >= 15 is 0 Å². The van der Waals surface area contributed by atoms with E-state index in [1.54, 1.807) is 0 Å². The normalized spacial score (nSPS) is 11.8. The number of benzene rings is 17. The van der Waals surface area contributed by atoms with Gasteiger partial charge in [0.25, 0.3) is 0 Å². The molecule has 0 N–H and O–H groups in total. The number of thiophene rings is 2. The first kappa shape index (κ1) is 68.8. The van der Waals surface area contributed by atoms with Gasteiger partial charge in [-0.2, -0.15) is 0 Å². The van der Waals surface area contributed by atoms with Gasteiger partial charge in [0.15, 0.2) is 16.9 Å². The second-order valence-electron chi connectivity index (χ2n) is 30.4. The summed E-state index contributed by atoms with van der Waals surface area (Å²) in [5.74, 6) is 0. The SMILES string of the molecule is c1ccc(-n2c3ccc(-c4cccc(-c5cccc6c5oc5ccccc56)c4)cc3c3nc4ccccc4nc32)cc1.c1ccc(-n2c3ccc(-c4cccc(-c5cccc6c5sc5ccccc56)c4)cc3c3nc4ccccc4nc32)cc1.c1ccc(-n2c3ccc(-c4cccc5c4sc4ccccc45)cc3c3nc4ccccc4nc32)cc1. The van der Waals surface area contributed by atoms with Crippen molar-refractivity contribution in [1.29, 1.82) is 0 Å². The molecular weight excluding hydrogens is 1500 g/mol. The van der Waals surface area contributed by atoms with Crippen molar-refractivity contribution in [3.63, 3.8) is 0 Å². The lowest BCUT2D eigenvalue weighted by molar-refractivity contribution is 0.670. The maximum absolute atomic E-state index is 6.35. The molecule has 0 atom stereocenters. The monoisotopic (exact) mass is 1570 g/mol. The first-order valence-corrected chi connectivity index (χ1v) is 41.8. The van der Waals surface area contributed by atoms with Gasteiger partial charge in [0.05, 0.1) is 49.7 Å². The maximum Gasteiger partial charge on any atom is 0.165 e. The average Bonchev–Trinajstić information content (AvgIpc) is 1.58. The van der Waals surface area contributed by atoms with E-state index in [1.807, 2.05) is 126 Å². The molecule has 0 aliphatic heterocycles. The predicted octanol–water partition coefficient (Wildman–Crippen LogP) is 29.2. The lowest BCUT2D eigenvalue weighted by atomic mass is 9.97. The third-order valence-corrected chi connectivity index (χ3v) is 25.8. The van der Waals surface area contributed by atoms with Crippen LogP contribution in [0.4, 0.5) is 0 Å². The largest absolute Gasteiger partial charge is 0.455 e. The number of rotatable bonds is 8. The Kier molecular flexibility index (Phi) is 16.1. The molecule has 0 saturated heterocycles. The Hall–Kier alpha value is -15.6. The molecule has 0 saturated carbocycles. The molecule has 0 fully saturated rings. The van der Waals surface area contributed by atoms with Crippen molar-refractivity contribution in [1.82, 2.24) is 43.6 Å². The third kappa shape index (κ3) is 11.4. The Morgan fingerprint density at radius 3 is 0.958 bits per heavy atom. The number of hydrogen-bond donors (Lipinski definition) is 0. The van der Waals surface area contributed by atoms with Crippen LogP contribution in [0.2, 0.25) is 0 Å². The summed E-state index contributed by atoms with van der Waals surface area (Å²) in [6, 6.07) is 138. The molecule has 10 nitrogen and oxygen atoms in total. The van der Waals surface area contributed by atoms with Crippen molar-refractivity contribution in [2.75, 3.05) is 0 Å². The molecule has 9 heterocycles. The molecule has 0 spiro atoms. The molecule has 0 bridgehead atoms. The van der Waals surface area contributed by atoms with E-state index < -0.39 is 0 Å². The Labute approximate surface area is 694 Å². The zero-order valence-corrected chi connectivity index (χ0v) is 65.9. The molecule has 0 aliphatic rings. The van der Waals surface area contributed by atoms with Crippen LogP contribution in [0.1, 0.15) is 0 Å². The Bertz CT molecular complexity index is 8290. The highest BCUT2D eigenvalue weighted by Crippen LogP contribution is 2.46. The van der Waals surface area contributed by atoms with Gasteiger partial charge in [-0.25, -0.2) is 29.9 Å². The molecule has 12 heteroatoms. The number of furan rings is 1. The first-order valence-electron chi connectivity index (χ1n) is 40.2. The number of para-hydroxylation sites is 11. The van der Waals surface area contributed by atoms with Crippen LogP contribution in [0.5, 0.6) is 0 Å². The average molecular weight is 1570 g/mol. The smallest absolute Gasteiger partial charge is 0.165 e. The van der Waals surface area contributed by atoms with Crippen molar-refractivity contribution in [3.8, 4) is 72.7 Å². The molecule has 560 valence electrons. The van der Waals surface area contributed by atoms with Crippen LogP contribution in [0.3, 0.4) is 0 Å². The van der Waals surface area contributed by atoms with Crippen molar-refractivity contribution < 1.29 is 4.42 Å². The third-order valence-electron chi connectivity index (χ3n) is 23.4. The van der Waals surface area contributed by atoms with Gasteiger partial charge in [0.1, 0.15) is 27.7 Å². The van der Waals surface area contributed by atoms with Crippen LogP contribution in [-0.4, -0.2) is 43.6 Å². The summed E-state index contributed by atoms with van der Waals surface area (Å²) >= 11 is 3.73. The molecule has 9 aromatic heterocycles. The number of fused-ring (bicyclic) bond motifs is 21. The zero-order chi connectivity index (χ0) is 78.9. The summed E-state index contributed by atoms with van der Waals surface area (Å²) in [6.07, 6.45) is 0. The van der Waals surface area contributed by atoms with Gasteiger partial charge in [0, 0.05) is 89.9 Å². The summed E-state index contributed by atoms with van der Waals surface area (Å²) < 4.78 is 18.3. The van der Waals surface area contributed by atoms with Crippen molar-refractivity contribution >= 4 is 184 Å². The Morgan fingerprint density at radius 2 is 0.517 bits per heavy atom. The lowest BCUT2D eigenvalue weighted by Gasteiger charge is -2.09. The minimum Gasteiger partial charge on any atom is -0.455 e. The molecule has 0 aliphatic carbocycles. The van der Waals surface area contributed by atoms with E-state index in [9.17, 15) is 0 Å². The summed E-state index contributed by atoms with van der Waals surface area (Å²) in [7, 11) is 0. The van der Waals surface area contributed by atoms with Gasteiger partial charge in [-0.05, 0) is 190 Å². The fourth-order valence-corrected chi connectivity index (χ4v) is 20.3. The minimum absolute atomic E-state index is 0.859. The van der Waals surface area contributed by atoms with Crippen LogP contribution in [0.15, 0.2) is 399 Å². The fraction of sp³-hybridized carbons (Fsp3) is 0. The second-order valence-corrected chi connectivity index (χ2v) is 32.5. The van der Waals surface area contributed by atoms with Crippen LogP contribution >= 0.6 is 22.7 Å². The number of nitrogens with zero attached hydrogens (tertiary/aromatic N) is 9. The molecule has 26 rings (SSSR count). The highest BCUT2D eigenvalue weighted by atomic mass is 32.1. The van der Waals surface area contributed by atoms with E-state index in [1.165, 1.54) is 68.2 Å². The van der Waals surface area contributed by atoms with Crippen molar-refractivity contribution in [2.24, 2.45) is 0 Å². The lowest BCUT2D eigenvalue weighted by Crippen LogP contribution is -1.96. The van der Waals surface area contributed by atoms with Crippen molar-refractivity contribution in [3.05, 3.63) is 394 Å². The molecule has 0 amide bonds. The summed E-state index contributed by atoms with van der Waals surface area (Å²) in [5, 5.41) is 10.8. The molecule has 17 aromatic carbocycles. The molecular formula is C108H65N9OS2. The van der Waals surface area contributed by atoms with E-state index in [-0.39, 0.29) is 0 Å². The van der Waals surface area contributed by atoms with Gasteiger partial charge >= 0.3 is 0 Å². The molecule has 120 heavy (non-hydrogen) atoms. The van der Waals surface area contributed by atoms with Crippen molar-refractivity contribution in [2.45, 2.75) is 0 Å². The predicted molar refractivity (Wildman–Crippen MR) is 502 cm³/mol. The van der Waals surface area contributed by atoms with Gasteiger partial charge in [-0.3, -0.25) is 13.7 Å². The van der Waals surface area contributed by atoms with Gasteiger partial charge in [-0.1, -0.05) is 255 Å². The van der Waals surface area contributed by atoms with Crippen LogP contribution in [-0.2, 0) is 0 Å². The Morgan fingerprint density at radius 1 is 0.208 bits per heavy atom. The highest BCUT2D eigenvalue weighted by molar-refractivity contribution is 7.26. The van der Waals surface area contributed by atoms with Crippen LogP contribution in [0, 0.1) is 0 Å². The summed E-state index contributed by atoms with van der Waals surface area (Å²) in [4.78, 5) is 30.6. The molecule has 26 aromatic rings. The van der Waals surface area contributed by atoms with Gasteiger partial charge < -0.3 is 4.42 Å². The van der Waals surface area contributed by atoms with Crippen LogP contribution in [0.25, 0.3) is 234 Å². The number of aromatic nitrogens is 9. The zero-order valence-electron chi connectivity index (χ0n) is 64.3.